The van der Waals surface area contributed by atoms with Gasteiger partial charge in [-0.1, -0.05) is 0 Å². The second-order valence-corrected chi connectivity index (χ2v) is 7.89. The number of anilines is 2. The van der Waals surface area contributed by atoms with Crippen LogP contribution in [-0.2, 0) is 4.74 Å². The number of aliphatic hydroxyl groups is 1. The predicted octanol–water partition coefficient (Wildman–Crippen LogP) is 0.842. The Morgan fingerprint density at radius 3 is 2.87 bits per heavy atom. The Morgan fingerprint density at radius 1 is 1.39 bits per heavy atom. The molecule has 2 aromatic heterocycles. The van der Waals surface area contributed by atoms with Gasteiger partial charge in [0.15, 0.2) is 11.9 Å². The lowest BCUT2D eigenvalue weighted by Crippen LogP contribution is -2.38. The number of fused-ring (bicyclic) bond motifs is 1. The summed E-state index contributed by atoms with van der Waals surface area (Å²) >= 11 is 0. The van der Waals surface area contributed by atoms with Crippen LogP contribution in [0.4, 0.5) is 16.0 Å². The summed E-state index contributed by atoms with van der Waals surface area (Å²) in [5.41, 5.74) is 1.16. The highest BCUT2D eigenvalue weighted by molar-refractivity contribution is 6.00. The summed E-state index contributed by atoms with van der Waals surface area (Å²) in [6.45, 7) is 0. The maximum Gasteiger partial charge on any atom is 0.257 e. The molecule has 5 atom stereocenters. The summed E-state index contributed by atoms with van der Waals surface area (Å²) in [6.07, 6.45) is 5.89. The topological polar surface area (TPSA) is 116 Å². The molecule has 1 aliphatic heterocycles. The van der Waals surface area contributed by atoms with Gasteiger partial charge in [-0.25, -0.2) is 9.37 Å². The van der Waals surface area contributed by atoms with Gasteiger partial charge in [0.1, 0.15) is 23.4 Å². The van der Waals surface area contributed by atoms with Crippen molar-refractivity contribution in [3.8, 4) is 0 Å². The number of amides is 1. The molecule has 11 heteroatoms. The summed E-state index contributed by atoms with van der Waals surface area (Å²) in [7, 11) is 3.35. The molecular weight excluding hydrogens is 405 g/mol. The number of aromatic nitrogens is 3. The molecule has 3 aliphatic rings. The van der Waals surface area contributed by atoms with Gasteiger partial charge < -0.3 is 30.7 Å². The van der Waals surface area contributed by atoms with Crippen LogP contribution >= 0.6 is 0 Å². The van der Waals surface area contributed by atoms with E-state index in [9.17, 15) is 14.3 Å². The zero-order valence-corrected chi connectivity index (χ0v) is 17.1. The molecule has 2 aliphatic carbocycles. The molecule has 0 bridgehead atoms. The Kier molecular flexibility index (Phi) is 4.78. The minimum absolute atomic E-state index is 0.0143. The summed E-state index contributed by atoms with van der Waals surface area (Å²) in [4.78, 5) is 18.9. The van der Waals surface area contributed by atoms with E-state index < -0.39 is 12.4 Å². The van der Waals surface area contributed by atoms with Crippen molar-refractivity contribution < 1.29 is 19.0 Å². The van der Waals surface area contributed by atoms with Gasteiger partial charge in [-0.2, -0.15) is 9.61 Å². The number of ether oxygens (including phenoxy) is 1. The highest BCUT2D eigenvalue weighted by Gasteiger charge is 2.44. The molecule has 5 rings (SSSR count). The predicted molar refractivity (Wildman–Crippen MR) is 111 cm³/mol. The largest absolute Gasteiger partial charge is 0.379 e. The molecule has 3 heterocycles. The third-order valence-corrected chi connectivity index (χ3v) is 5.75. The summed E-state index contributed by atoms with van der Waals surface area (Å²) < 4.78 is 20.3. The number of methoxy groups -OCH3 is 1. The maximum atomic E-state index is 13.5. The van der Waals surface area contributed by atoms with E-state index in [0.29, 0.717) is 35.0 Å². The molecule has 2 fully saturated rings. The Labute approximate surface area is 177 Å². The summed E-state index contributed by atoms with van der Waals surface area (Å²) in [5.74, 6) is 0.748. The first kappa shape index (κ1) is 19.8. The average Bonchev–Trinajstić information content (AvgIpc) is 3.64. The zero-order chi connectivity index (χ0) is 21.7. The number of hydrogen-bond acceptors (Lipinski definition) is 8. The summed E-state index contributed by atoms with van der Waals surface area (Å²) in [5, 5.41) is 24.0. The standard InChI is InChI=1S/C20H24FN7O3/c1-22-17-8-16(24-12-4-3-5-27(20(12)30)14-6-11(14)21)26-18-10(9-23-28(17)18)19(29)25-13-7-15(13)31-2/h3-5,8-9,11,13-15,20,22,30H,6-7H2,1-2H3,(H,24,26)(H,25,29)/t11-,13+,14-,15+,20?/m0/s1. The van der Waals surface area contributed by atoms with Gasteiger partial charge in [0.25, 0.3) is 5.91 Å². The van der Waals surface area contributed by atoms with Crippen molar-refractivity contribution >= 4 is 23.2 Å². The number of rotatable bonds is 7. The van der Waals surface area contributed by atoms with Gasteiger partial charge >= 0.3 is 0 Å². The number of nitrogens with one attached hydrogen (secondary N) is 3. The third-order valence-electron chi connectivity index (χ3n) is 5.75. The highest BCUT2D eigenvalue weighted by Crippen LogP contribution is 2.35. The number of carbonyl (C=O) groups is 1. The zero-order valence-electron chi connectivity index (χ0n) is 17.1. The van der Waals surface area contributed by atoms with E-state index in [4.69, 9.17) is 4.74 Å². The minimum Gasteiger partial charge on any atom is -0.379 e. The van der Waals surface area contributed by atoms with E-state index in [1.807, 2.05) is 0 Å². The first-order valence-electron chi connectivity index (χ1n) is 10.2. The normalized spacial score (nSPS) is 29.0. The Bertz CT molecular complexity index is 1080. The fourth-order valence-electron chi connectivity index (χ4n) is 3.78. The number of alkyl halides is 1. The van der Waals surface area contributed by atoms with E-state index in [2.05, 4.69) is 26.0 Å². The third kappa shape index (κ3) is 3.59. The van der Waals surface area contributed by atoms with Crippen LogP contribution in [0.3, 0.4) is 0 Å². The minimum atomic E-state index is -1.01. The molecule has 2 saturated carbocycles. The van der Waals surface area contributed by atoms with Crippen LogP contribution in [0.5, 0.6) is 0 Å². The van der Waals surface area contributed by atoms with E-state index in [-0.39, 0.29) is 24.1 Å². The fraction of sp³-hybridized carbons (Fsp3) is 0.450. The Hall–Kier alpha value is -3.18. The van der Waals surface area contributed by atoms with Crippen LogP contribution in [0, 0.1) is 0 Å². The molecule has 1 unspecified atom stereocenters. The molecule has 0 aromatic carbocycles. The second-order valence-electron chi connectivity index (χ2n) is 7.89. The fourth-order valence-corrected chi connectivity index (χ4v) is 3.78. The quantitative estimate of drug-likeness (QED) is 0.512. The van der Waals surface area contributed by atoms with Gasteiger partial charge in [-0.05, 0) is 18.6 Å². The van der Waals surface area contributed by atoms with Crippen molar-refractivity contribution in [1.29, 1.82) is 0 Å². The number of allylic oxidation sites excluding steroid dienone is 2. The van der Waals surface area contributed by atoms with Crippen molar-refractivity contribution in [2.75, 3.05) is 24.8 Å². The molecule has 164 valence electrons. The molecular formula is C20H24FN7O3. The molecule has 0 spiro atoms. The molecule has 2 aromatic rings. The number of halogens is 1. The number of nitrogens with zero attached hydrogens (tertiary/aromatic N) is 4. The maximum absolute atomic E-state index is 13.5. The van der Waals surface area contributed by atoms with Gasteiger partial charge in [-0.3, -0.25) is 4.79 Å². The van der Waals surface area contributed by atoms with E-state index in [0.717, 1.165) is 6.42 Å². The van der Waals surface area contributed by atoms with Crippen LogP contribution < -0.4 is 16.0 Å². The molecule has 4 N–H and O–H groups in total. The van der Waals surface area contributed by atoms with E-state index in [1.165, 1.54) is 10.7 Å². The van der Waals surface area contributed by atoms with Crippen molar-refractivity contribution in [3.63, 3.8) is 0 Å². The van der Waals surface area contributed by atoms with E-state index in [1.54, 1.807) is 43.5 Å². The first-order chi connectivity index (χ1) is 15.0. The average molecular weight is 429 g/mol. The van der Waals surface area contributed by atoms with Gasteiger partial charge in [0, 0.05) is 32.8 Å². The lowest BCUT2D eigenvalue weighted by atomic mass is 10.2. The molecule has 10 nitrogen and oxygen atoms in total. The number of hydrogen-bond donors (Lipinski definition) is 4. The summed E-state index contributed by atoms with van der Waals surface area (Å²) in [6, 6.07) is 1.39. The van der Waals surface area contributed by atoms with Crippen molar-refractivity contribution in [3.05, 3.63) is 41.9 Å². The Morgan fingerprint density at radius 2 is 2.19 bits per heavy atom. The van der Waals surface area contributed by atoms with Crippen LogP contribution in [0.15, 0.2) is 36.3 Å². The molecule has 0 radical (unpaired) electrons. The van der Waals surface area contributed by atoms with E-state index >= 15 is 0 Å². The van der Waals surface area contributed by atoms with Crippen LogP contribution in [-0.4, -0.2) is 75.3 Å². The SMILES string of the molecule is CNc1cc(NC2=CC=CN([C@H]3C[C@@H]3F)C2O)nc2c(C(=O)N[C@@H]3C[C@H]3OC)cnn12. The number of aliphatic hydroxyl groups excluding tert-OH is 1. The van der Waals surface area contributed by atoms with Crippen LogP contribution in [0.25, 0.3) is 5.65 Å². The van der Waals surface area contributed by atoms with Crippen molar-refractivity contribution in [2.45, 2.75) is 43.4 Å². The first-order valence-corrected chi connectivity index (χ1v) is 10.2. The Balaban J connectivity index is 1.41. The smallest absolute Gasteiger partial charge is 0.257 e. The molecule has 0 saturated heterocycles. The highest BCUT2D eigenvalue weighted by atomic mass is 19.1. The monoisotopic (exact) mass is 429 g/mol. The van der Waals surface area contributed by atoms with Gasteiger partial charge in [0.05, 0.1) is 30.1 Å². The van der Waals surface area contributed by atoms with Crippen molar-refractivity contribution in [2.24, 2.45) is 0 Å². The van der Waals surface area contributed by atoms with Crippen LogP contribution in [0.2, 0.25) is 0 Å². The van der Waals surface area contributed by atoms with Crippen LogP contribution in [0.1, 0.15) is 23.2 Å². The number of carbonyl (C=O) groups excluding carboxylic acids is 1. The molecule has 1 amide bonds. The lowest BCUT2D eigenvalue weighted by Gasteiger charge is -2.31. The molecule has 31 heavy (non-hydrogen) atoms. The van der Waals surface area contributed by atoms with Gasteiger partial charge in [-0.15, -0.1) is 0 Å². The second kappa shape index (κ2) is 7.50. The van der Waals surface area contributed by atoms with Gasteiger partial charge in [0.2, 0.25) is 0 Å². The lowest BCUT2D eigenvalue weighted by molar-refractivity contribution is 0.0570. The van der Waals surface area contributed by atoms with Crippen molar-refractivity contribution in [1.82, 2.24) is 24.8 Å².